The van der Waals surface area contributed by atoms with Gasteiger partial charge in [-0.05, 0) is 105 Å². The fourth-order valence-electron chi connectivity index (χ4n) is 5.65. The van der Waals surface area contributed by atoms with Gasteiger partial charge >= 0.3 is 0 Å². The molecular weight excluding hydrogens is 553 g/mol. The van der Waals surface area contributed by atoms with Gasteiger partial charge in [0.1, 0.15) is 0 Å². The maximum absolute atomic E-state index is 3.38. The summed E-state index contributed by atoms with van der Waals surface area (Å²) in [6, 6.07) is 63.4. The normalized spacial score (nSPS) is 10.3. The summed E-state index contributed by atoms with van der Waals surface area (Å²) in [4.78, 5) is 0. The van der Waals surface area contributed by atoms with Crippen LogP contribution < -0.4 is 0 Å². The highest BCUT2D eigenvalue weighted by Gasteiger charge is 2.16. The van der Waals surface area contributed by atoms with Crippen molar-refractivity contribution in [3.63, 3.8) is 0 Å². The third-order valence-corrected chi connectivity index (χ3v) is 7.92. The van der Waals surface area contributed by atoms with Crippen molar-refractivity contribution in [2.75, 3.05) is 0 Å². The molecule has 0 unspecified atom stereocenters. The molecule has 0 bridgehead atoms. The smallest absolute Gasteiger partial charge is 0.0255 e. The van der Waals surface area contributed by atoms with Crippen molar-refractivity contribution in [1.29, 1.82) is 0 Å². The van der Waals surface area contributed by atoms with Crippen LogP contribution in [0.4, 0.5) is 0 Å². The predicted octanol–water partition coefficient (Wildman–Crippen LogP) is 11.2. The van der Waals surface area contributed by atoms with Crippen LogP contribution in [0.5, 0.6) is 0 Å². The van der Waals surface area contributed by atoms with Crippen molar-refractivity contribution in [2.45, 2.75) is 0 Å². The first-order chi connectivity index (χ1) is 22.8. The van der Waals surface area contributed by atoms with Crippen LogP contribution in [0.25, 0.3) is 44.5 Å². The van der Waals surface area contributed by atoms with Gasteiger partial charge in [-0.25, -0.2) is 0 Å². The Morgan fingerprint density at radius 3 is 0.891 bits per heavy atom. The van der Waals surface area contributed by atoms with Crippen LogP contribution in [-0.4, -0.2) is 0 Å². The molecule has 0 nitrogen and oxygen atoms in total. The van der Waals surface area contributed by atoms with Gasteiger partial charge < -0.3 is 0 Å². The van der Waals surface area contributed by atoms with Crippen LogP contribution in [0, 0.1) is 23.7 Å². The van der Waals surface area contributed by atoms with E-state index in [0.29, 0.717) is 0 Å². The Balaban J connectivity index is 1.41. The van der Waals surface area contributed by atoms with Gasteiger partial charge in [-0.2, -0.15) is 0 Å². The monoisotopic (exact) mass is 582 g/mol. The average Bonchev–Trinajstić information content (AvgIpc) is 3.14. The first kappa shape index (κ1) is 28.4. The van der Waals surface area contributed by atoms with E-state index in [2.05, 4.69) is 145 Å². The van der Waals surface area contributed by atoms with Crippen LogP contribution in [-0.2, 0) is 0 Å². The Morgan fingerprint density at radius 2 is 0.500 bits per heavy atom. The Labute approximate surface area is 271 Å². The molecular formula is C46H30. The highest BCUT2D eigenvalue weighted by atomic mass is 14.2. The van der Waals surface area contributed by atoms with Crippen LogP contribution in [0.1, 0.15) is 22.3 Å². The molecule has 0 aliphatic heterocycles. The second-order valence-corrected chi connectivity index (χ2v) is 11.1. The molecule has 0 aliphatic carbocycles. The molecule has 0 aliphatic rings. The molecule has 7 aromatic rings. The molecule has 0 radical (unpaired) electrons. The van der Waals surface area contributed by atoms with Crippen LogP contribution >= 0.6 is 0 Å². The number of hydrogen-bond acceptors (Lipinski definition) is 0. The number of rotatable bonds is 4. The van der Waals surface area contributed by atoms with Crippen molar-refractivity contribution < 1.29 is 0 Å². The standard InChI is InChI=1S/C46H30/c1-5-15-35(16-6-1)27-29-37-19-13-25-41(31-37)45-33-44(40-23-11-4-12-24-40)46(34-43(45)39-21-9-3-10-22-39)42-26-14-20-38(32-42)30-28-36-17-7-2-8-18-36/h1-26,31-34H. The molecule has 0 saturated heterocycles. The van der Waals surface area contributed by atoms with E-state index in [1.807, 2.05) is 60.7 Å². The highest BCUT2D eigenvalue weighted by Crippen LogP contribution is 2.42. The van der Waals surface area contributed by atoms with Crippen molar-refractivity contribution in [3.05, 3.63) is 204 Å². The summed E-state index contributed by atoms with van der Waals surface area (Å²) >= 11 is 0. The van der Waals surface area contributed by atoms with Crippen LogP contribution in [0.2, 0.25) is 0 Å². The zero-order chi connectivity index (χ0) is 31.0. The van der Waals surface area contributed by atoms with Gasteiger partial charge in [0.15, 0.2) is 0 Å². The maximum Gasteiger partial charge on any atom is 0.0255 e. The molecule has 0 heterocycles. The third kappa shape index (κ3) is 6.59. The van der Waals surface area contributed by atoms with Crippen LogP contribution in [0.15, 0.2) is 182 Å². The van der Waals surface area contributed by atoms with E-state index in [9.17, 15) is 0 Å². The molecule has 0 amide bonds. The number of benzene rings is 7. The van der Waals surface area contributed by atoms with Crippen LogP contribution in [0.3, 0.4) is 0 Å². The molecule has 0 atom stereocenters. The SMILES string of the molecule is C(#Cc1cccc(-c2cc(-c3ccccc3)c(-c3cccc(C#Cc4ccccc4)c3)cc2-c2ccccc2)c1)c1ccccc1. The molecule has 7 rings (SSSR count). The van der Waals surface area contributed by atoms with Gasteiger partial charge in [0.05, 0.1) is 0 Å². The van der Waals surface area contributed by atoms with Crippen molar-refractivity contribution in [2.24, 2.45) is 0 Å². The van der Waals surface area contributed by atoms with E-state index in [4.69, 9.17) is 0 Å². The van der Waals surface area contributed by atoms with Gasteiger partial charge in [0, 0.05) is 22.3 Å². The summed E-state index contributed by atoms with van der Waals surface area (Å²) in [5, 5.41) is 0. The van der Waals surface area contributed by atoms with Crippen molar-refractivity contribution in [3.8, 4) is 68.2 Å². The quantitative estimate of drug-likeness (QED) is 0.181. The summed E-state index contributed by atoms with van der Waals surface area (Å²) in [5.74, 6) is 13.4. The lowest BCUT2D eigenvalue weighted by Gasteiger charge is -2.18. The second kappa shape index (κ2) is 13.5. The van der Waals surface area contributed by atoms with E-state index in [-0.39, 0.29) is 0 Å². The predicted molar refractivity (Wildman–Crippen MR) is 193 cm³/mol. The van der Waals surface area contributed by atoms with Gasteiger partial charge in [-0.3, -0.25) is 0 Å². The Kier molecular flexibility index (Phi) is 8.36. The fraction of sp³-hybridized carbons (Fsp3) is 0. The molecule has 46 heavy (non-hydrogen) atoms. The molecule has 0 aromatic heterocycles. The van der Waals surface area contributed by atoms with Gasteiger partial charge in [-0.1, -0.05) is 145 Å². The molecule has 0 saturated carbocycles. The topological polar surface area (TPSA) is 0 Å². The summed E-state index contributed by atoms with van der Waals surface area (Å²) in [6.07, 6.45) is 0. The minimum Gasteiger partial charge on any atom is -0.0622 e. The Hall–Kier alpha value is -6.34. The van der Waals surface area contributed by atoms with E-state index < -0.39 is 0 Å². The molecule has 0 fully saturated rings. The lowest BCUT2D eigenvalue weighted by atomic mass is 9.85. The summed E-state index contributed by atoms with van der Waals surface area (Å²) in [6.45, 7) is 0. The van der Waals surface area contributed by atoms with E-state index in [1.54, 1.807) is 0 Å². The molecule has 214 valence electrons. The second-order valence-electron chi connectivity index (χ2n) is 11.1. The molecule has 7 aromatic carbocycles. The third-order valence-electron chi connectivity index (χ3n) is 7.92. The van der Waals surface area contributed by atoms with Crippen molar-refractivity contribution in [1.82, 2.24) is 0 Å². The Bertz CT molecular complexity index is 2060. The largest absolute Gasteiger partial charge is 0.0622 e. The fourth-order valence-corrected chi connectivity index (χ4v) is 5.65. The van der Waals surface area contributed by atoms with Gasteiger partial charge in [-0.15, -0.1) is 0 Å². The van der Waals surface area contributed by atoms with E-state index in [1.165, 1.54) is 22.3 Å². The van der Waals surface area contributed by atoms with Crippen molar-refractivity contribution >= 4 is 0 Å². The zero-order valence-electron chi connectivity index (χ0n) is 25.3. The summed E-state index contributed by atoms with van der Waals surface area (Å²) in [5.41, 5.74) is 13.2. The lowest BCUT2D eigenvalue weighted by molar-refractivity contribution is 1.53. The first-order valence-electron chi connectivity index (χ1n) is 15.4. The van der Waals surface area contributed by atoms with Gasteiger partial charge in [0.25, 0.3) is 0 Å². The molecule has 0 N–H and O–H groups in total. The summed E-state index contributed by atoms with van der Waals surface area (Å²) < 4.78 is 0. The minimum absolute atomic E-state index is 0.982. The lowest BCUT2D eigenvalue weighted by Crippen LogP contribution is -1.93. The average molecular weight is 583 g/mol. The molecule has 0 heteroatoms. The first-order valence-corrected chi connectivity index (χ1v) is 15.4. The molecule has 0 spiro atoms. The van der Waals surface area contributed by atoms with E-state index >= 15 is 0 Å². The highest BCUT2D eigenvalue weighted by molar-refractivity contribution is 5.95. The van der Waals surface area contributed by atoms with Gasteiger partial charge in [0.2, 0.25) is 0 Å². The summed E-state index contributed by atoms with van der Waals surface area (Å²) in [7, 11) is 0. The van der Waals surface area contributed by atoms with E-state index in [0.717, 1.165) is 44.5 Å². The zero-order valence-corrected chi connectivity index (χ0v) is 25.3. The Morgan fingerprint density at radius 1 is 0.217 bits per heavy atom. The minimum atomic E-state index is 0.982. The number of hydrogen-bond donors (Lipinski definition) is 0. The maximum atomic E-state index is 3.38.